The monoisotopic (exact) mass is 285 g/mol. The number of carbonyl (C=O) groups excluding carboxylic acids is 2. The molecule has 1 fully saturated rings. The Balaban J connectivity index is 2.62. The smallest absolute Gasteiger partial charge is 0.320 e. The van der Waals surface area contributed by atoms with Gasteiger partial charge in [0.1, 0.15) is 0 Å². The van der Waals surface area contributed by atoms with Crippen LogP contribution in [0.1, 0.15) is 20.3 Å². The van der Waals surface area contributed by atoms with Gasteiger partial charge in [-0.2, -0.15) is 0 Å². The highest BCUT2D eigenvalue weighted by atomic mass is 16.4. The van der Waals surface area contributed by atoms with E-state index in [4.69, 9.17) is 5.11 Å². The molecule has 0 aliphatic carbocycles. The summed E-state index contributed by atoms with van der Waals surface area (Å²) in [6, 6.07) is -0.547. The topological polar surface area (TPSA) is 90.0 Å². The zero-order chi connectivity index (χ0) is 15.4. The van der Waals surface area contributed by atoms with Crippen LogP contribution in [-0.2, 0) is 9.59 Å². The van der Waals surface area contributed by atoms with E-state index in [1.165, 1.54) is 4.90 Å². The van der Waals surface area contributed by atoms with Gasteiger partial charge in [-0.15, -0.1) is 0 Å². The first kappa shape index (κ1) is 16.3. The van der Waals surface area contributed by atoms with Gasteiger partial charge in [-0.05, 0) is 13.3 Å². The summed E-state index contributed by atoms with van der Waals surface area (Å²) in [7, 11) is 3.18. The molecule has 7 nitrogen and oxygen atoms in total. The van der Waals surface area contributed by atoms with E-state index in [9.17, 15) is 14.4 Å². The van der Waals surface area contributed by atoms with E-state index in [-0.39, 0.29) is 23.9 Å². The summed E-state index contributed by atoms with van der Waals surface area (Å²) in [6.45, 7) is 4.24. The SMILES string of the molecule is CNC(=O)C(C)CN(C)C(=O)N1CCC(C(=O)O)C1C. The molecule has 1 aliphatic rings. The lowest BCUT2D eigenvalue weighted by molar-refractivity contribution is -0.142. The normalized spacial score (nSPS) is 23.3. The number of carbonyl (C=O) groups is 3. The van der Waals surface area contributed by atoms with E-state index in [1.54, 1.807) is 32.8 Å². The average molecular weight is 285 g/mol. The van der Waals surface area contributed by atoms with Gasteiger partial charge < -0.3 is 20.2 Å². The molecule has 0 saturated carbocycles. The van der Waals surface area contributed by atoms with Crippen LogP contribution in [0.2, 0.25) is 0 Å². The zero-order valence-electron chi connectivity index (χ0n) is 12.4. The summed E-state index contributed by atoms with van der Waals surface area (Å²) in [4.78, 5) is 37.8. The van der Waals surface area contributed by atoms with Crippen molar-refractivity contribution in [1.82, 2.24) is 15.1 Å². The molecule has 0 aromatic rings. The van der Waals surface area contributed by atoms with Crippen LogP contribution in [0.25, 0.3) is 0 Å². The predicted octanol–water partition coefficient (Wildman–Crippen LogP) is 0.215. The molecule has 3 atom stereocenters. The van der Waals surface area contributed by atoms with Gasteiger partial charge in [0.05, 0.1) is 11.8 Å². The molecule has 2 N–H and O–H groups in total. The maximum Gasteiger partial charge on any atom is 0.320 e. The molecule has 1 heterocycles. The maximum atomic E-state index is 12.3. The summed E-state index contributed by atoms with van der Waals surface area (Å²) in [5, 5.41) is 11.6. The third-order valence-corrected chi connectivity index (χ3v) is 3.89. The van der Waals surface area contributed by atoms with E-state index in [2.05, 4.69) is 5.32 Å². The van der Waals surface area contributed by atoms with Crippen molar-refractivity contribution in [3.8, 4) is 0 Å². The lowest BCUT2D eigenvalue weighted by atomic mass is 10.0. The molecular formula is C13H23N3O4. The number of urea groups is 1. The fourth-order valence-corrected chi connectivity index (χ4v) is 2.58. The van der Waals surface area contributed by atoms with Crippen LogP contribution in [0, 0.1) is 11.8 Å². The van der Waals surface area contributed by atoms with Crippen molar-refractivity contribution in [2.24, 2.45) is 11.8 Å². The van der Waals surface area contributed by atoms with Gasteiger partial charge in [0.15, 0.2) is 0 Å². The minimum atomic E-state index is -0.866. The first-order chi connectivity index (χ1) is 9.29. The molecule has 0 radical (unpaired) electrons. The van der Waals surface area contributed by atoms with Crippen LogP contribution in [0.3, 0.4) is 0 Å². The second kappa shape index (κ2) is 6.58. The molecular weight excluding hydrogens is 262 g/mol. The van der Waals surface area contributed by atoms with Crippen LogP contribution >= 0.6 is 0 Å². The van der Waals surface area contributed by atoms with E-state index < -0.39 is 11.9 Å². The van der Waals surface area contributed by atoms with E-state index in [0.717, 1.165) is 0 Å². The molecule has 1 rings (SSSR count). The lowest BCUT2D eigenvalue weighted by Gasteiger charge is -2.29. The van der Waals surface area contributed by atoms with Crippen LogP contribution in [0.5, 0.6) is 0 Å². The maximum absolute atomic E-state index is 12.3. The highest BCUT2D eigenvalue weighted by Gasteiger charge is 2.39. The van der Waals surface area contributed by atoms with E-state index >= 15 is 0 Å². The summed E-state index contributed by atoms with van der Waals surface area (Å²) < 4.78 is 0. The zero-order valence-corrected chi connectivity index (χ0v) is 12.4. The molecule has 7 heteroatoms. The van der Waals surface area contributed by atoms with Crippen molar-refractivity contribution in [3.05, 3.63) is 0 Å². The summed E-state index contributed by atoms with van der Waals surface area (Å²) in [6.07, 6.45) is 0.473. The molecule has 114 valence electrons. The van der Waals surface area contributed by atoms with Crippen LogP contribution in [0.15, 0.2) is 0 Å². The van der Waals surface area contributed by atoms with Crippen LogP contribution in [0.4, 0.5) is 4.79 Å². The Hall–Kier alpha value is -1.79. The Morgan fingerprint density at radius 2 is 2.05 bits per heavy atom. The number of amides is 3. The third kappa shape index (κ3) is 3.40. The number of hydrogen-bond donors (Lipinski definition) is 2. The van der Waals surface area contributed by atoms with Gasteiger partial charge in [0.25, 0.3) is 0 Å². The number of carboxylic acids is 1. The van der Waals surface area contributed by atoms with E-state index in [1.807, 2.05) is 0 Å². The summed E-state index contributed by atoms with van der Waals surface area (Å²) in [5.41, 5.74) is 0. The van der Waals surface area contributed by atoms with Crippen LogP contribution < -0.4 is 5.32 Å². The number of rotatable bonds is 4. The second-order valence-electron chi connectivity index (χ2n) is 5.35. The first-order valence-corrected chi connectivity index (χ1v) is 6.75. The molecule has 1 saturated heterocycles. The first-order valence-electron chi connectivity index (χ1n) is 6.75. The number of aliphatic carboxylic acids is 1. The Bertz CT molecular complexity index is 399. The van der Waals surface area contributed by atoms with Gasteiger partial charge in [-0.3, -0.25) is 9.59 Å². The quantitative estimate of drug-likeness (QED) is 0.773. The minimum absolute atomic E-state index is 0.123. The van der Waals surface area contributed by atoms with Crippen molar-refractivity contribution in [1.29, 1.82) is 0 Å². The Morgan fingerprint density at radius 1 is 1.45 bits per heavy atom. The summed E-state index contributed by atoms with van der Waals surface area (Å²) in [5.74, 6) is -1.80. The fraction of sp³-hybridized carbons (Fsp3) is 0.769. The molecule has 0 aromatic carbocycles. The lowest BCUT2D eigenvalue weighted by Crippen LogP contribution is -2.47. The van der Waals surface area contributed by atoms with Gasteiger partial charge in [-0.1, -0.05) is 6.92 Å². The van der Waals surface area contributed by atoms with Crippen molar-refractivity contribution >= 4 is 17.9 Å². The Labute approximate surface area is 118 Å². The molecule has 0 bridgehead atoms. The van der Waals surface area contributed by atoms with Crippen molar-refractivity contribution < 1.29 is 19.5 Å². The number of likely N-dealkylation sites (tertiary alicyclic amines) is 1. The molecule has 1 aliphatic heterocycles. The highest BCUT2D eigenvalue weighted by molar-refractivity contribution is 5.80. The number of nitrogens with one attached hydrogen (secondary N) is 1. The van der Waals surface area contributed by atoms with Gasteiger partial charge >= 0.3 is 12.0 Å². The molecule has 3 amide bonds. The minimum Gasteiger partial charge on any atom is -0.481 e. The molecule has 3 unspecified atom stereocenters. The highest BCUT2D eigenvalue weighted by Crippen LogP contribution is 2.25. The second-order valence-corrected chi connectivity index (χ2v) is 5.35. The van der Waals surface area contributed by atoms with E-state index in [0.29, 0.717) is 19.5 Å². The standard InChI is InChI=1S/C13H23N3O4/c1-8(11(17)14-3)7-15(4)13(20)16-6-5-10(9(16)2)12(18)19/h8-10H,5-7H2,1-4H3,(H,14,17)(H,18,19). The van der Waals surface area contributed by atoms with Crippen LogP contribution in [-0.4, -0.2) is 66.0 Å². The summed E-state index contributed by atoms with van der Waals surface area (Å²) >= 11 is 0. The molecule has 0 spiro atoms. The third-order valence-electron chi connectivity index (χ3n) is 3.89. The number of carboxylic acid groups (broad SMARTS) is 1. The molecule has 0 aromatic heterocycles. The van der Waals surface area contributed by atoms with Gasteiger partial charge in [0, 0.05) is 33.2 Å². The largest absolute Gasteiger partial charge is 0.481 e. The van der Waals surface area contributed by atoms with Crippen molar-refractivity contribution in [2.45, 2.75) is 26.3 Å². The van der Waals surface area contributed by atoms with Crippen molar-refractivity contribution in [2.75, 3.05) is 27.2 Å². The van der Waals surface area contributed by atoms with Crippen molar-refractivity contribution in [3.63, 3.8) is 0 Å². The Morgan fingerprint density at radius 3 is 2.50 bits per heavy atom. The van der Waals surface area contributed by atoms with Gasteiger partial charge in [0.2, 0.25) is 5.91 Å². The fourth-order valence-electron chi connectivity index (χ4n) is 2.58. The van der Waals surface area contributed by atoms with Gasteiger partial charge in [-0.25, -0.2) is 4.79 Å². The Kier molecular flexibility index (Phi) is 5.35. The average Bonchev–Trinajstić information content (AvgIpc) is 2.78. The molecule has 20 heavy (non-hydrogen) atoms. The predicted molar refractivity (Wildman–Crippen MR) is 73.2 cm³/mol. The number of hydrogen-bond acceptors (Lipinski definition) is 3. The number of nitrogens with zero attached hydrogens (tertiary/aromatic N) is 2.